The number of nitro benzene ring substituents is 1. The highest BCUT2D eigenvalue weighted by Gasteiger charge is 2.61. The fourth-order valence-corrected chi connectivity index (χ4v) is 4.95. The molecule has 0 aromatic heterocycles. The van der Waals surface area contributed by atoms with Gasteiger partial charge in [-0.1, -0.05) is 18.2 Å². The molecule has 0 radical (unpaired) electrons. The van der Waals surface area contributed by atoms with Gasteiger partial charge in [0, 0.05) is 34.5 Å². The van der Waals surface area contributed by atoms with Gasteiger partial charge in [0.1, 0.15) is 24.2 Å². The van der Waals surface area contributed by atoms with Crippen molar-refractivity contribution in [2.45, 2.75) is 43.7 Å². The SMILES string of the molecule is COC(=O)C1C(C)=NC(C)=C(C(=O)[C@@]2(O)CO[C@@H]3[C@@H](O)CO[C@@H]32)C1c1ccccc1[N+](=O)[O-]. The average molecular weight is 460 g/mol. The molecule has 0 bridgehead atoms. The number of rotatable bonds is 5. The highest BCUT2D eigenvalue weighted by molar-refractivity contribution is 6.11. The van der Waals surface area contributed by atoms with Crippen molar-refractivity contribution >= 4 is 23.2 Å². The third-order valence-corrected chi connectivity index (χ3v) is 6.48. The average Bonchev–Trinajstić information content (AvgIpc) is 3.33. The zero-order valence-electron chi connectivity index (χ0n) is 18.3. The number of nitrogens with zero attached hydrogens (tertiary/aromatic N) is 2. The number of benzene rings is 1. The zero-order chi connectivity index (χ0) is 24.1. The Morgan fingerprint density at radius 3 is 2.64 bits per heavy atom. The Morgan fingerprint density at radius 1 is 1.27 bits per heavy atom. The van der Waals surface area contributed by atoms with Crippen LogP contribution in [0, 0.1) is 16.0 Å². The topological polar surface area (TPSA) is 158 Å². The molecule has 3 aliphatic heterocycles. The lowest BCUT2D eigenvalue weighted by Crippen LogP contribution is -2.53. The Morgan fingerprint density at radius 2 is 1.97 bits per heavy atom. The minimum Gasteiger partial charge on any atom is -0.468 e. The van der Waals surface area contributed by atoms with E-state index in [4.69, 9.17) is 14.2 Å². The number of allylic oxidation sites excluding steroid dienone is 1. The van der Waals surface area contributed by atoms with E-state index in [1.54, 1.807) is 13.0 Å². The first kappa shape index (κ1) is 23.2. The molecule has 11 heteroatoms. The van der Waals surface area contributed by atoms with Gasteiger partial charge in [0.2, 0.25) is 0 Å². The summed E-state index contributed by atoms with van der Waals surface area (Å²) in [6.07, 6.45) is -3.03. The molecule has 3 aliphatic rings. The number of ether oxygens (including phenoxy) is 3. The molecule has 2 fully saturated rings. The summed E-state index contributed by atoms with van der Waals surface area (Å²) in [7, 11) is 1.18. The first-order chi connectivity index (χ1) is 15.6. The first-order valence-electron chi connectivity index (χ1n) is 10.4. The number of para-hydroxylation sites is 1. The molecule has 3 heterocycles. The number of carbonyl (C=O) groups is 2. The molecule has 2 unspecified atom stereocenters. The van der Waals surface area contributed by atoms with E-state index in [2.05, 4.69) is 4.99 Å². The second-order valence-electron chi connectivity index (χ2n) is 8.40. The van der Waals surface area contributed by atoms with Gasteiger partial charge in [-0.2, -0.15) is 0 Å². The maximum absolute atomic E-state index is 13.9. The first-order valence-corrected chi connectivity index (χ1v) is 10.4. The van der Waals surface area contributed by atoms with Crippen molar-refractivity contribution in [1.29, 1.82) is 0 Å². The van der Waals surface area contributed by atoms with E-state index in [-0.39, 0.29) is 29.1 Å². The van der Waals surface area contributed by atoms with Gasteiger partial charge in [-0.05, 0) is 13.8 Å². The summed E-state index contributed by atoms with van der Waals surface area (Å²) in [5.41, 5.74) is -1.88. The molecule has 6 atom stereocenters. The summed E-state index contributed by atoms with van der Waals surface area (Å²) < 4.78 is 15.9. The number of carbonyl (C=O) groups excluding carboxylic acids is 2. The maximum atomic E-state index is 13.9. The van der Waals surface area contributed by atoms with Crippen LogP contribution in [0.5, 0.6) is 0 Å². The lowest BCUT2D eigenvalue weighted by atomic mass is 9.71. The van der Waals surface area contributed by atoms with E-state index >= 15 is 0 Å². The normalized spacial score (nSPS) is 33.5. The van der Waals surface area contributed by atoms with Gasteiger partial charge in [-0.15, -0.1) is 0 Å². The molecule has 4 rings (SSSR count). The summed E-state index contributed by atoms with van der Waals surface area (Å²) in [6, 6.07) is 5.79. The Kier molecular flexibility index (Phi) is 5.91. The second-order valence-corrected chi connectivity index (χ2v) is 8.40. The third-order valence-electron chi connectivity index (χ3n) is 6.48. The molecule has 1 aromatic rings. The Balaban J connectivity index is 1.89. The van der Waals surface area contributed by atoms with Gasteiger partial charge < -0.3 is 24.4 Å². The van der Waals surface area contributed by atoms with Crippen LogP contribution in [0.2, 0.25) is 0 Å². The predicted octanol–water partition coefficient (Wildman–Crippen LogP) is 0.675. The van der Waals surface area contributed by atoms with Crippen molar-refractivity contribution in [2.75, 3.05) is 20.3 Å². The van der Waals surface area contributed by atoms with E-state index < -0.39 is 59.0 Å². The van der Waals surface area contributed by atoms with E-state index in [1.807, 2.05) is 0 Å². The van der Waals surface area contributed by atoms with E-state index in [0.717, 1.165) is 0 Å². The van der Waals surface area contributed by atoms with Gasteiger partial charge in [-0.25, -0.2) is 0 Å². The Hall–Kier alpha value is -2.99. The van der Waals surface area contributed by atoms with Crippen LogP contribution in [0.15, 0.2) is 40.5 Å². The number of fused-ring (bicyclic) bond motifs is 1. The monoisotopic (exact) mass is 460 g/mol. The van der Waals surface area contributed by atoms with E-state index in [9.17, 15) is 29.9 Å². The molecule has 0 spiro atoms. The summed E-state index contributed by atoms with van der Waals surface area (Å²) in [6.45, 7) is 2.56. The molecular weight excluding hydrogens is 436 g/mol. The van der Waals surface area contributed by atoms with Crippen LogP contribution in [-0.2, 0) is 23.8 Å². The van der Waals surface area contributed by atoms with Gasteiger partial charge in [-0.3, -0.25) is 24.7 Å². The standard InChI is InChI=1S/C22H24N2O9/c1-10-15(19(26)22(28)9-33-18-14(25)8-32-20(18)22)17(16(11(2)23-10)21(27)31-3)12-6-4-5-7-13(12)24(29)30/h4-7,14,16-18,20,25,28H,8-9H2,1-3H3/t14-,16?,17?,18+,20-,22-/m0/s1. The molecular formula is C22H24N2O9. The number of methoxy groups -OCH3 is 1. The fourth-order valence-electron chi connectivity index (χ4n) is 4.95. The second kappa shape index (κ2) is 8.41. The van der Waals surface area contributed by atoms with Crippen molar-refractivity contribution in [2.24, 2.45) is 10.9 Å². The van der Waals surface area contributed by atoms with Crippen molar-refractivity contribution in [1.82, 2.24) is 0 Å². The molecule has 2 saturated heterocycles. The molecule has 0 saturated carbocycles. The van der Waals surface area contributed by atoms with Gasteiger partial charge >= 0.3 is 5.97 Å². The van der Waals surface area contributed by atoms with Crippen LogP contribution >= 0.6 is 0 Å². The van der Waals surface area contributed by atoms with Gasteiger partial charge in [0.15, 0.2) is 11.4 Å². The van der Waals surface area contributed by atoms with Crippen LogP contribution in [0.1, 0.15) is 25.3 Å². The molecule has 176 valence electrons. The predicted molar refractivity (Wildman–Crippen MR) is 113 cm³/mol. The van der Waals surface area contributed by atoms with Crippen molar-refractivity contribution in [3.8, 4) is 0 Å². The number of Topliss-reactive ketones (excluding diaryl/α,β-unsaturated/α-hetero) is 1. The van der Waals surface area contributed by atoms with Crippen molar-refractivity contribution < 1.29 is 38.9 Å². The largest absolute Gasteiger partial charge is 0.468 e. The smallest absolute Gasteiger partial charge is 0.315 e. The zero-order valence-corrected chi connectivity index (χ0v) is 18.3. The lowest BCUT2D eigenvalue weighted by Gasteiger charge is -2.35. The van der Waals surface area contributed by atoms with Crippen LogP contribution in [0.3, 0.4) is 0 Å². The number of hydrogen-bond donors (Lipinski definition) is 2. The molecule has 11 nitrogen and oxygen atoms in total. The molecule has 33 heavy (non-hydrogen) atoms. The highest BCUT2D eigenvalue weighted by Crippen LogP contribution is 2.46. The molecule has 0 amide bonds. The van der Waals surface area contributed by atoms with E-state index in [1.165, 1.54) is 32.2 Å². The highest BCUT2D eigenvalue weighted by atomic mass is 16.6. The maximum Gasteiger partial charge on any atom is 0.315 e. The Bertz CT molecular complexity index is 1080. The van der Waals surface area contributed by atoms with Crippen molar-refractivity contribution in [3.63, 3.8) is 0 Å². The minimum atomic E-state index is -2.16. The number of esters is 1. The minimum absolute atomic E-state index is 0.0676. The summed E-state index contributed by atoms with van der Waals surface area (Å²) in [5.74, 6) is -3.82. The summed E-state index contributed by atoms with van der Waals surface area (Å²) >= 11 is 0. The third kappa shape index (κ3) is 3.57. The molecule has 1 aromatic carbocycles. The summed E-state index contributed by atoms with van der Waals surface area (Å²) in [4.78, 5) is 42.2. The lowest BCUT2D eigenvalue weighted by molar-refractivity contribution is -0.385. The number of nitro groups is 1. The number of aliphatic hydroxyl groups is 2. The van der Waals surface area contributed by atoms with Gasteiger partial charge in [0.25, 0.3) is 5.69 Å². The van der Waals surface area contributed by atoms with Crippen LogP contribution in [0.4, 0.5) is 5.69 Å². The van der Waals surface area contributed by atoms with Crippen LogP contribution in [-0.4, -0.2) is 76.8 Å². The summed E-state index contributed by atoms with van der Waals surface area (Å²) in [5, 5.41) is 33.2. The van der Waals surface area contributed by atoms with E-state index in [0.29, 0.717) is 5.71 Å². The number of ketones is 1. The molecule has 2 N–H and O–H groups in total. The Labute approximate surface area is 188 Å². The molecule has 0 aliphatic carbocycles. The van der Waals surface area contributed by atoms with Crippen LogP contribution < -0.4 is 0 Å². The fraction of sp³-hybridized carbons (Fsp3) is 0.500. The quantitative estimate of drug-likeness (QED) is 0.366. The van der Waals surface area contributed by atoms with Gasteiger partial charge in [0.05, 0.1) is 25.2 Å². The number of hydrogen-bond acceptors (Lipinski definition) is 10. The number of aliphatic imine (C=N–C) groups is 1. The van der Waals surface area contributed by atoms with Crippen LogP contribution in [0.25, 0.3) is 0 Å². The van der Waals surface area contributed by atoms with Crippen molar-refractivity contribution in [3.05, 3.63) is 51.2 Å². The number of aliphatic hydroxyl groups excluding tert-OH is 1.